The summed E-state index contributed by atoms with van der Waals surface area (Å²) in [5.74, 6) is 1.13. The monoisotopic (exact) mass is 279 g/mol. The van der Waals surface area contributed by atoms with Crippen LogP contribution in [0.25, 0.3) is 16.7 Å². The molecule has 2 N–H and O–H groups in total. The maximum Gasteiger partial charge on any atom is 0.121 e. The van der Waals surface area contributed by atoms with Crippen molar-refractivity contribution in [2.75, 3.05) is 13.2 Å². The molecule has 1 aliphatic heterocycles. The third-order valence-corrected chi connectivity index (χ3v) is 4.06. The van der Waals surface area contributed by atoms with Crippen LogP contribution in [0.4, 0.5) is 0 Å². The predicted octanol–water partition coefficient (Wildman–Crippen LogP) is 2.47. The van der Waals surface area contributed by atoms with Crippen molar-refractivity contribution < 1.29 is 4.74 Å². The summed E-state index contributed by atoms with van der Waals surface area (Å²) in [6, 6.07) is 18.5. The molecular weight excluding hydrogens is 262 g/mol. The lowest BCUT2D eigenvalue weighted by atomic mass is 10.0. The molecule has 2 aromatic carbocycles. The normalized spacial score (nSPS) is 22.0. The van der Waals surface area contributed by atoms with Crippen molar-refractivity contribution in [2.24, 2.45) is 5.73 Å². The van der Waals surface area contributed by atoms with Crippen LogP contribution in [0.3, 0.4) is 0 Å². The second-order valence-corrected chi connectivity index (χ2v) is 5.44. The van der Waals surface area contributed by atoms with E-state index in [0.717, 1.165) is 22.5 Å². The lowest BCUT2D eigenvalue weighted by Crippen LogP contribution is -2.28. The van der Waals surface area contributed by atoms with E-state index in [9.17, 15) is 0 Å². The molecule has 21 heavy (non-hydrogen) atoms. The quantitative estimate of drug-likeness (QED) is 0.784. The topological polar surface area (TPSA) is 53.1 Å². The summed E-state index contributed by atoms with van der Waals surface area (Å²) in [5.41, 5.74) is 9.42. The van der Waals surface area contributed by atoms with Crippen LogP contribution in [-0.4, -0.2) is 28.8 Å². The first-order valence-corrected chi connectivity index (χ1v) is 7.21. The Balaban J connectivity index is 1.97. The van der Waals surface area contributed by atoms with E-state index < -0.39 is 0 Å². The first-order chi connectivity index (χ1) is 10.3. The van der Waals surface area contributed by atoms with E-state index in [1.54, 1.807) is 0 Å². The highest BCUT2D eigenvalue weighted by Gasteiger charge is 2.31. The number of ether oxygens (including phenoxy) is 1. The molecule has 2 heterocycles. The first-order valence-electron chi connectivity index (χ1n) is 7.21. The van der Waals surface area contributed by atoms with Gasteiger partial charge < -0.3 is 10.5 Å². The molecule has 0 saturated carbocycles. The van der Waals surface area contributed by atoms with Gasteiger partial charge in [-0.25, -0.2) is 4.98 Å². The van der Waals surface area contributed by atoms with Crippen molar-refractivity contribution in [3.05, 3.63) is 60.4 Å². The van der Waals surface area contributed by atoms with E-state index in [0.29, 0.717) is 13.2 Å². The number of para-hydroxylation sites is 3. The third-order valence-electron chi connectivity index (χ3n) is 4.06. The Morgan fingerprint density at radius 3 is 2.52 bits per heavy atom. The summed E-state index contributed by atoms with van der Waals surface area (Å²) in [6.45, 7) is 1.24. The van der Waals surface area contributed by atoms with Crippen LogP contribution >= 0.6 is 0 Å². The smallest absolute Gasteiger partial charge is 0.121 e. The highest BCUT2D eigenvalue weighted by atomic mass is 16.5. The molecule has 4 rings (SSSR count). The molecule has 0 aliphatic carbocycles. The third kappa shape index (κ3) is 2.04. The maximum atomic E-state index is 6.20. The Labute approximate surface area is 123 Å². The standard InChI is InChI=1S/C17H17N3O/c18-14-11-21-10-13(14)17-19-15-8-4-5-9-16(15)20(17)12-6-2-1-3-7-12/h1-9,13-14H,10-11,18H2. The average Bonchev–Trinajstić information content (AvgIpc) is 3.11. The van der Waals surface area contributed by atoms with Crippen molar-refractivity contribution in [3.63, 3.8) is 0 Å². The Morgan fingerprint density at radius 2 is 1.76 bits per heavy atom. The van der Waals surface area contributed by atoms with E-state index >= 15 is 0 Å². The summed E-state index contributed by atoms with van der Waals surface area (Å²) in [6.07, 6.45) is 0. The summed E-state index contributed by atoms with van der Waals surface area (Å²) < 4.78 is 7.74. The van der Waals surface area contributed by atoms with Gasteiger partial charge in [-0.05, 0) is 24.3 Å². The van der Waals surface area contributed by atoms with E-state index in [1.807, 2.05) is 36.4 Å². The van der Waals surface area contributed by atoms with Crippen LogP contribution in [0.1, 0.15) is 11.7 Å². The SMILES string of the molecule is NC1COCC1c1nc2ccccc2n1-c1ccccc1. The van der Waals surface area contributed by atoms with Gasteiger partial charge in [0, 0.05) is 11.7 Å². The molecule has 3 aromatic rings. The molecule has 0 bridgehead atoms. The molecule has 4 nitrogen and oxygen atoms in total. The molecule has 106 valence electrons. The lowest BCUT2D eigenvalue weighted by molar-refractivity contribution is 0.190. The van der Waals surface area contributed by atoms with Crippen molar-refractivity contribution in [1.82, 2.24) is 9.55 Å². The minimum absolute atomic E-state index is 0.00396. The Kier molecular flexibility index (Phi) is 2.98. The van der Waals surface area contributed by atoms with Crippen LogP contribution in [0, 0.1) is 0 Å². The fourth-order valence-corrected chi connectivity index (χ4v) is 2.98. The summed E-state index contributed by atoms with van der Waals surface area (Å²) in [7, 11) is 0. The van der Waals surface area contributed by atoms with E-state index in [-0.39, 0.29) is 12.0 Å². The second kappa shape index (κ2) is 4.98. The van der Waals surface area contributed by atoms with Crippen LogP contribution in [0.15, 0.2) is 54.6 Å². The van der Waals surface area contributed by atoms with Gasteiger partial charge in [0.2, 0.25) is 0 Å². The molecule has 0 radical (unpaired) electrons. The van der Waals surface area contributed by atoms with E-state index in [2.05, 4.69) is 22.8 Å². The Morgan fingerprint density at radius 1 is 1.00 bits per heavy atom. The Bertz CT molecular complexity index is 766. The molecule has 0 amide bonds. The first kappa shape index (κ1) is 12.6. The molecule has 2 atom stereocenters. The zero-order chi connectivity index (χ0) is 14.2. The van der Waals surface area contributed by atoms with Gasteiger partial charge in [-0.2, -0.15) is 0 Å². The molecule has 2 unspecified atom stereocenters. The zero-order valence-corrected chi connectivity index (χ0v) is 11.6. The maximum absolute atomic E-state index is 6.20. The number of hydrogen-bond acceptors (Lipinski definition) is 3. The Hall–Kier alpha value is -2.17. The van der Waals surface area contributed by atoms with Crippen LogP contribution in [0.2, 0.25) is 0 Å². The number of rotatable bonds is 2. The van der Waals surface area contributed by atoms with Gasteiger partial charge in [0.25, 0.3) is 0 Å². The molecular formula is C17H17N3O. The number of nitrogens with zero attached hydrogens (tertiary/aromatic N) is 2. The van der Waals surface area contributed by atoms with Gasteiger partial charge in [0.05, 0.1) is 30.2 Å². The minimum Gasteiger partial charge on any atom is -0.379 e. The number of imidazole rings is 1. The molecule has 1 aromatic heterocycles. The van der Waals surface area contributed by atoms with Gasteiger partial charge in [0.15, 0.2) is 0 Å². The van der Waals surface area contributed by atoms with Crippen molar-refractivity contribution in [3.8, 4) is 5.69 Å². The second-order valence-electron chi connectivity index (χ2n) is 5.44. The lowest BCUT2D eigenvalue weighted by Gasteiger charge is -2.16. The highest BCUT2D eigenvalue weighted by molar-refractivity contribution is 5.78. The molecule has 1 saturated heterocycles. The van der Waals surface area contributed by atoms with Crippen molar-refractivity contribution in [1.29, 1.82) is 0 Å². The fourth-order valence-electron chi connectivity index (χ4n) is 2.98. The molecule has 4 heteroatoms. The fraction of sp³-hybridized carbons (Fsp3) is 0.235. The zero-order valence-electron chi connectivity index (χ0n) is 11.6. The summed E-state index contributed by atoms with van der Waals surface area (Å²) >= 11 is 0. The van der Waals surface area contributed by atoms with Crippen molar-refractivity contribution >= 4 is 11.0 Å². The van der Waals surface area contributed by atoms with Gasteiger partial charge >= 0.3 is 0 Å². The summed E-state index contributed by atoms with van der Waals surface area (Å²) in [4.78, 5) is 4.82. The van der Waals surface area contributed by atoms with Crippen LogP contribution < -0.4 is 5.73 Å². The molecule has 1 fully saturated rings. The van der Waals surface area contributed by atoms with Crippen LogP contribution in [0.5, 0.6) is 0 Å². The highest BCUT2D eigenvalue weighted by Crippen LogP contribution is 2.30. The van der Waals surface area contributed by atoms with E-state index in [1.165, 1.54) is 0 Å². The van der Waals surface area contributed by atoms with Gasteiger partial charge in [-0.3, -0.25) is 4.57 Å². The molecule has 0 spiro atoms. The molecule has 1 aliphatic rings. The minimum atomic E-state index is 0.00396. The predicted molar refractivity (Wildman–Crippen MR) is 82.6 cm³/mol. The van der Waals surface area contributed by atoms with Gasteiger partial charge in [0.1, 0.15) is 5.82 Å². The average molecular weight is 279 g/mol. The number of hydrogen-bond donors (Lipinski definition) is 1. The number of aromatic nitrogens is 2. The number of fused-ring (bicyclic) bond motifs is 1. The van der Waals surface area contributed by atoms with Crippen molar-refractivity contribution in [2.45, 2.75) is 12.0 Å². The largest absolute Gasteiger partial charge is 0.379 e. The summed E-state index contributed by atoms with van der Waals surface area (Å²) in [5, 5.41) is 0. The number of nitrogens with two attached hydrogens (primary N) is 1. The van der Waals surface area contributed by atoms with Gasteiger partial charge in [-0.1, -0.05) is 30.3 Å². The van der Waals surface area contributed by atoms with Crippen LogP contribution in [-0.2, 0) is 4.74 Å². The van der Waals surface area contributed by atoms with E-state index in [4.69, 9.17) is 15.5 Å². The number of benzene rings is 2. The van der Waals surface area contributed by atoms with Gasteiger partial charge in [-0.15, -0.1) is 0 Å².